The Labute approximate surface area is 139 Å². The van der Waals surface area contributed by atoms with Crippen molar-refractivity contribution in [1.82, 2.24) is 0 Å². The molecule has 0 amide bonds. The third-order valence-corrected chi connectivity index (χ3v) is 8.05. The number of thiophene rings is 1. The van der Waals surface area contributed by atoms with Gasteiger partial charge in [0.1, 0.15) is 4.21 Å². The fraction of sp³-hybridized carbons (Fsp3) is 0.286. The van der Waals surface area contributed by atoms with E-state index >= 15 is 0 Å². The van der Waals surface area contributed by atoms with Gasteiger partial charge >= 0.3 is 0 Å². The zero-order valence-corrected chi connectivity index (χ0v) is 14.5. The number of anilines is 2. The van der Waals surface area contributed by atoms with Gasteiger partial charge in [-0.1, -0.05) is 6.07 Å². The third-order valence-electron chi connectivity index (χ3n) is 3.50. The van der Waals surface area contributed by atoms with E-state index in [1.807, 2.05) is 0 Å². The molecular formula is C14H16N2O4S3. The Kier molecular flexibility index (Phi) is 4.35. The van der Waals surface area contributed by atoms with Crippen LogP contribution in [0.25, 0.3) is 0 Å². The molecule has 3 rings (SSSR count). The van der Waals surface area contributed by atoms with E-state index in [9.17, 15) is 16.8 Å². The lowest BCUT2D eigenvalue weighted by molar-refractivity contribution is 0.600. The molecule has 2 N–H and O–H groups in total. The number of rotatable bonds is 5. The highest BCUT2D eigenvalue weighted by Gasteiger charge is 2.27. The smallest absolute Gasteiger partial charge is 0.271 e. The fourth-order valence-corrected chi connectivity index (χ4v) is 6.13. The van der Waals surface area contributed by atoms with Crippen LogP contribution in [0.15, 0.2) is 46.0 Å². The number of nitrogens with one attached hydrogen (secondary N) is 2. The van der Waals surface area contributed by atoms with Crippen molar-refractivity contribution in [2.24, 2.45) is 0 Å². The zero-order valence-electron chi connectivity index (χ0n) is 12.1. The Morgan fingerprint density at radius 1 is 1.09 bits per heavy atom. The first kappa shape index (κ1) is 16.3. The van der Waals surface area contributed by atoms with Crippen molar-refractivity contribution in [2.75, 3.05) is 21.5 Å². The maximum absolute atomic E-state index is 12.1. The van der Waals surface area contributed by atoms with E-state index in [4.69, 9.17) is 0 Å². The summed E-state index contributed by atoms with van der Waals surface area (Å²) in [6.45, 7) is 0. The van der Waals surface area contributed by atoms with E-state index in [0.717, 1.165) is 17.0 Å². The number of sulfone groups is 1. The number of benzene rings is 1. The second kappa shape index (κ2) is 6.14. The number of hydrogen-bond donors (Lipinski definition) is 2. The molecule has 2 heterocycles. The summed E-state index contributed by atoms with van der Waals surface area (Å²) in [4.78, 5) is 0. The van der Waals surface area contributed by atoms with Crippen molar-refractivity contribution >= 4 is 42.6 Å². The molecule has 1 atom stereocenters. The molecule has 23 heavy (non-hydrogen) atoms. The van der Waals surface area contributed by atoms with Gasteiger partial charge in [0.15, 0.2) is 9.84 Å². The van der Waals surface area contributed by atoms with E-state index in [2.05, 4.69) is 10.0 Å². The van der Waals surface area contributed by atoms with E-state index in [-0.39, 0.29) is 21.8 Å². The first-order chi connectivity index (χ1) is 10.8. The molecule has 2 aromatic rings. The Morgan fingerprint density at radius 2 is 1.78 bits per heavy atom. The van der Waals surface area contributed by atoms with Crippen molar-refractivity contribution in [3.63, 3.8) is 0 Å². The van der Waals surface area contributed by atoms with E-state index < -0.39 is 19.9 Å². The molecule has 6 nitrogen and oxygen atoms in total. The minimum Gasteiger partial charge on any atom is -0.381 e. The first-order valence-corrected chi connectivity index (χ1v) is 11.2. The average molecular weight is 372 g/mol. The lowest BCUT2D eigenvalue weighted by Crippen LogP contribution is -2.20. The SMILES string of the molecule is O=S1(=O)CCC(Nc2ccc(NS(=O)(=O)c3cccs3)cc2)C1. The average Bonchev–Trinajstić information content (AvgIpc) is 3.11. The maximum Gasteiger partial charge on any atom is 0.271 e. The second-order valence-corrected chi connectivity index (χ2v) is 10.4. The zero-order chi connectivity index (χ0) is 16.5. The van der Waals surface area contributed by atoms with Gasteiger partial charge in [-0.25, -0.2) is 16.8 Å². The van der Waals surface area contributed by atoms with Crippen LogP contribution in [0.1, 0.15) is 6.42 Å². The van der Waals surface area contributed by atoms with E-state index in [0.29, 0.717) is 12.1 Å². The molecule has 9 heteroatoms. The van der Waals surface area contributed by atoms with Gasteiger partial charge in [-0.15, -0.1) is 11.3 Å². The molecule has 1 fully saturated rings. The van der Waals surface area contributed by atoms with Crippen molar-refractivity contribution in [2.45, 2.75) is 16.7 Å². The predicted octanol–water partition coefficient (Wildman–Crippen LogP) is 2.15. The topological polar surface area (TPSA) is 92.3 Å². The van der Waals surface area contributed by atoms with Crippen LogP contribution in [0.3, 0.4) is 0 Å². The Morgan fingerprint density at radius 3 is 2.35 bits per heavy atom. The van der Waals surface area contributed by atoms with Crippen LogP contribution in [0, 0.1) is 0 Å². The molecule has 0 aliphatic carbocycles. The van der Waals surface area contributed by atoms with Crippen LogP contribution in [-0.2, 0) is 19.9 Å². The summed E-state index contributed by atoms with van der Waals surface area (Å²) in [5, 5.41) is 4.87. The van der Waals surface area contributed by atoms with Gasteiger partial charge < -0.3 is 5.32 Å². The summed E-state index contributed by atoms with van der Waals surface area (Å²) >= 11 is 1.15. The highest BCUT2D eigenvalue weighted by atomic mass is 32.2. The summed E-state index contributed by atoms with van der Waals surface area (Å²) in [6, 6.07) is 9.90. The minimum atomic E-state index is -3.55. The summed E-state index contributed by atoms with van der Waals surface area (Å²) in [7, 11) is -6.48. The lowest BCUT2D eigenvalue weighted by Gasteiger charge is -2.13. The minimum absolute atomic E-state index is 0.0892. The van der Waals surface area contributed by atoms with E-state index in [1.165, 1.54) is 0 Å². The molecule has 124 valence electrons. The molecule has 0 saturated carbocycles. The summed E-state index contributed by atoms with van der Waals surface area (Å²) in [5.74, 6) is 0.350. The van der Waals surface area contributed by atoms with Crippen LogP contribution in [0.4, 0.5) is 11.4 Å². The molecule has 1 aromatic heterocycles. The largest absolute Gasteiger partial charge is 0.381 e. The van der Waals surface area contributed by atoms with Crippen LogP contribution in [-0.4, -0.2) is 34.4 Å². The molecule has 1 aliphatic rings. The Balaban J connectivity index is 1.66. The molecule has 1 unspecified atom stereocenters. The standard InChI is InChI=1S/C14H16N2O4S3/c17-22(18)9-7-13(10-22)15-11-3-5-12(6-4-11)16-23(19,20)14-2-1-8-21-14/h1-6,8,13,15-16H,7,9-10H2. The van der Waals surface area contributed by atoms with Crippen molar-refractivity contribution in [3.05, 3.63) is 41.8 Å². The molecule has 1 saturated heterocycles. The molecule has 0 bridgehead atoms. The van der Waals surface area contributed by atoms with Crippen molar-refractivity contribution < 1.29 is 16.8 Å². The Hall–Kier alpha value is -1.58. The molecule has 1 aliphatic heterocycles. The van der Waals surface area contributed by atoms with Gasteiger partial charge in [0.05, 0.1) is 11.5 Å². The maximum atomic E-state index is 12.1. The van der Waals surface area contributed by atoms with Crippen molar-refractivity contribution in [3.8, 4) is 0 Å². The van der Waals surface area contributed by atoms with Gasteiger partial charge in [0, 0.05) is 17.4 Å². The van der Waals surface area contributed by atoms with Gasteiger partial charge in [-0.3, -0.25) is 4.72 Å². The highest BCUT2D eigenvalue weighted by molar-refractivity contribution is 7.94. The van der Waals surface area contributed by atoms with Gasteiger partial charge in [-0.2, -0.15) is 0 Å². The monoisotopic (exact) mass is 372 g/mol. The van der Waals surface area contributed by atoms with Crippen LogP contribution in [0.5, 0.6) is 0 Å². The molecule has 1 aromatic carbocycles. The highest BCUT2D eigenvalue weighted by Crippen LogP contribution is 2.23. The fourth-order valence-electron chi connectivity index (χ4n) is 2.40. The third kappa shape index (κ3) is 4.04. The number of hydrogen-bond acceptors (Lipinski definition) is 6. The van der Waals surface area contributed by atoms with Gasteiger partial charge in [0.25, 0.3) is 10.0 Å². The molecule has 0 radical (unpaired) electrons. The van der Waals surface area contributed by atoms with Crippen LogP contribution in [0.2, 0.25) is 0 Å². The Bertz CT molecular complexity index is 873. The van der Waals surface area contributed by atoms with Gasteiger partial charge in [-0.05, 0) is 42.1 Å². The summed E-state index contributed by atoms with van der Waals surface area (Å²) in [6.07, 6.45) is 0.592. The van der Waals surface area contributed by atoms with Crippen LogP contribution < -0.4 is 10.0 Å². The lowest BCUT2D eigenvalue weighted by atomic mass is 10.2. The first-order valence-electron chi connectivity index (χ1n) is 6.97. The number of sulfonamides is 1. The molecule has 0 spiro atoms. The van der Waals surface area contributed by atoms with Crippen molar-refractivity contribution in [1.29, 1.82) is 0 Å². The van der Waals surface area contributed by atoms with E-state index in [1.54, 1.807) is 41.8 Å². The van der Waals surface area contributed by atoms with Crippen LogP contribution >= 0.6 is 11.3 Å². The summed E-state index contributed by atoms with van der Waals surface area (Å²) < 4.78 is 49.9. The normalized spacial score (nSPS) is 20.3. The molecular weight excluding hydrogens is 356 g/mol. The summed E-state index contributed by atoms with van der Waals surface area (Å²) in [5.41, 5.74) is 1.23. The second-order valence-electron chi connectivity index (χ2n) is 5.36. The quantitative estimate of drug-likeness (QED) is 0.839. The predicted molar refractivity (Wildman–Crippen MR) is 92.3 cm³/mol. The van der Waals surface area contributed by atoms with Gasteiger partial charge in [0.2, 0.25) is 0 Å².